The van der Waals surface area contributed by atoms with E-state index in [0.717, 1.165) is 10.5 Å². The van der Waals surface area contributed by atoms with Crippen molar-refractivity contribution in [1.82, 2.24) is 9.29 Å². The monoisotopic (exact) mass is 539 g/mol. The van der Waals surface area contributed by atoms with Gasteiger partial charge in [-0.2, -0.15) is 0 Å². The van der Waals surface area contributed by atoms with Gasteiger partial charge in [-0.3, -0.25) is 4.79 Å². The lowest BCUT2D eigenvalue weighted by atomic mass is 9.98. The summed E-state index contributed by atoms with van der Waals surface area (Å²) in [5.74, 6) is -1.07. The van der Waals surface area contributed by atoms with Crippen LogP contribution in [0.2, 0.25) is 0 Å². The molecule has 12 heteroatoms. The van der Waals surface area contributed by atoms with E-state index in [1.807, 2.05) is 0 Å². The average molecular weight is 540 g/mol. The number of nitrogens with one attached hydrogen (secondary N) is 1. The van der Waals surface area contributed by atoms with Gasteiger partial charge in [0.05, 0.1) is 10.1 Å². The summed E-state index contributed by atoms with van der Waals surface area (Å²) in [4.78, 5) is 17.3. The molecular weight excluding hydrogens is 512 g/mol. The van der Waals surface area contributed by atoms with Crippen molar-refractivity contribution in [3.8, 4) is 0 Å². The van der Waals surface area contributed by atoms with Crippen LogP contribution >= 0.6 is 0 Å². The number of nitrogens with zero attached hydrogens (tertiary/aromatic N) is 2. The first-order valence-corrected chi connectivity index (χ1v) is 14.4. The molecule has 1 unspecified atom stereocenters. The van der Waals surface area contributed by atoms with Crippen LogP contribution in [0.15, 0.2) is 58.5 Å². The lowest BCUT2D eigenvalue weighted by molar-refractivity contribution is -0.111. The van der Waals surface area contributed by atoms with Gasteiger partial charge in [0.1, 0.15) is 23.1 Å². The molecule has 0 bridgehead atoms. The Labute approximate surface area is 209 Å². The normalized spacial score (nSPS) is 23.1. The van der Waals surface area contributed by atoms with Gasteiger partial charge < -0.3 is 5.32 Å². The van der Waals surface area contributed by atoms with Crippen LogP contribution in [0.4, 0.5) is 14.6 Å². The summed E-state index contributed by atoms with van der Waals surface area (Å²) in [6.45, 7) is 0. The topological polar surface area (TPSA) is 114 Å². The number of sulfonamides is 1. The number of amides is 1. The van der Waals surface area contributed by atoms with Gasteiger partial charge in [0.2, 0.25) is 10.0 Å². The number of anilines is 1. The highest BCUT2D eigenvalue weighted by Gasteiger charge is 2.37. The van der Waals surface area contributed by atoms with Gasteiger partial charge in [-0.25, -0.2) is 34.9 Å². The number of carbonyl (C=O) groups excluding carboxylic acids is 1. The summed E-state index contributed by atoms with van der Waals surface area (Å²) in [5.41, 5.74) is 0.496. The van der Waals surface area contributed by atoms with Gasteiger partial charge in [-0.1, -0.05) is 18.2 Å². The molecule has 1 heterocycles. The fourth-order valence-electron chi connectivity index (χ4n) is 4.04. The van der Waals surface area contributed by atoms with Gasteiger partial charge >= 0.3 is 0 Å². The molecule has 0 saturated heterocycles. The minimum Gasteiger partial charge on any atom is -0.307 e. The number of carbonyl (C=O) groups is 1. The number of hydrogen-bond acceptors (Lipinski definition) is 6. The minimum absolute atomic E-state index is 0.0531. The maximum absolute atomic E-state index is 13.8. The largest absolute Gasteiger partial charge is 0.307 e. The van der Waals surface area contributed by atoms with Gasteiger partial charge in [-0.05, 0) is 61.4 Å². The molecule has 1 amide bonds. The SMILES string of the molecule is CN(C)S(=O)(=O)c1ccc(NC(=O)/C(=C/C2C[C@@H](F)[C@@H](F)C2)c2ccc(S(=O)(=O)C3CC3)cc2)nc1. The highest BCUT2D eigenvalue weighted by Crippen LogP contribution is 2.36. The Morgan fingerprint density at radius 3 is 2.06 bits per heavy atom. The molecule has 2 aromatic rings. The first-order chi connectivity index (χ1) is 16.9. The summed E-state index contributed by atoms with van der Waals surface area (Å²) < 4.78 is 78.1. The van der Waals surface area contributed by atoms with E-state index in [-0.39, 0.29) is 39.3 Å². The third-order valence-corrected chi connectivity index (χ3v) is 10.4. The van der Waals surface area contributed by atoms with E-state index in [1.54, 1.807) is 0 Å². The number of benzene rings is 1. The Hall–Kier alpha value is -2.70. The molecular formula is C24H27F2N3O5S2. The summed E-state index contributed by atoms with van der Waals surface area (Å²) in [7, 11) is -4.35. The Bertz CT molecular complexity index is 1360. The Kier molecular flexibility index (Phi) is 7.31. The Balaban J connectivity index is 1.61. The molecule has 2 fully saturated rings. The van der Waals surface area contributed by atoms with Gasteiger partial charge in [0.25, 0.3) is 5.91 Å². The van der Waals surface area contributed by atoms with E-state index in [9.17, 15) is 30.4 Å². The molecule has 2 aliphatic carbocycles. The van der Waals surface area contributed by atoms with Crippen LogP contribution in [-0.2, 0) is 24.7 Å². The zero-order valence-corrected chi connectivity index (χ0v) is 21.4. The number of halogens is 2. The molecule has 0 aliphatic heterocycles. The fraction of sp³-hybridized carbons (Fsp3) is 0.417. The number of alkyl halides is 2. The van der Waals surface area contributed by atoms with Crippen molar-refractivity contribution >= 4 is 37.2 Å². The van der Waals surface area contributed by atoms with E-state index >= 15 is 0 Å². The molecule has 4 rings (SSSR count). The van der Waals surface area contributed by atoms with E-state index in [0.29, 0.717) is 18.4 Å². The second-order valence-electron chi connectivity index (χ2n) is 9.23. The maximum atomic E-state index is 13.8. The fourth-order valence-corrected chi connectivity index (χ4v) is 6.55. The predicted octanol–water partition coefficient (Wildman–Crippen LogP) is 3.38. The number of allylic oxidation sites excluding steroid dienone is 1. The van der Waals surface area contributed by atoms with Crippen LogP contribution < -0.4 is 5.32 Å². The van der Waals surface area contributed by atoms with Crippen LogP contribution in [0, 0.1) is 5.92 Å². The van der Waals surface area contributed by atoms with Crippen molar-refractivity contribution in [2.24, 2.45) is 5.92 Å². The van der Waals surface area contributed by atoms with Crippen molar-refractivity contribution in [3.05, 3.63) is 54.2 Å². The maximum Gasteiger partial charge on any atom is 0.257 e. The lowest BCUT2D eigenvalue weighted by Crippen LogP contribution is -2.22. The van der Waals surface area contributed by atoms with Crippen LogP contribution in [0.3, 0.4) is 0 Å². The second-order valence-corrected chi connectivity index (χ2v) is 13.6. The van der Waals surface area contributed by atoms with Crippen LogP contribution in [0.1, 0.15) is 31.2 Å². The second kappa shape index (κ2) is 9.98. The van der Waals surface area contributed by atoms with E-state index in [2.05, 4.69) is 10.3 Å². The molecule has 194 valence electrons. The van der Waals surface area contributed by atoms with Crippen molar-refractivity contribution in [2.45, 2.75) is 53.1 Å². The number of pyridine rings is 1. The van der Waals surface area contributed by atoms with Crippen molar-refractivity contribution < 1.29 is 30.4 Å². The van der Waals surface area contributed by atoms with E-state index in [4.69, 9.17) is 0 Å². The molecule has 36 heavy (non-hydrogen) atoms. The molecule has 0 spiro atoms. The Morgan fingerprint density at radius 2 is 1.56 bits per heavy atom. The standard InChI is InChI=1S/C24H27F2N3O5S2/c1-29(2)36(33,34)19-9-10-23(27-14-19)28-24(30)20(11-15-12-21(25)22(26)13-15)16-3-5-17(6-4-16)35(31,32)18-7-8-18/h3-6,9-11,14-15,18,21-22H,7-8,12-13H2,1-2H3,(H,27,28,30)/b20-11+/t15?,21-,22+. The quantitative estimate of drug-likeness (QED) is 0.515. The molecule has 1 aromatic heterocycles. The zero-order valence-electron chi connectivity index (χ0n) is 19.8. The number of sulfone groups is 1. The summed E-state index contributed by atoms with van der Waals surface area (Å²) >= 11 is 0. The van der Waals surface area contributed by atoms with Gasteiger partial charge in [-0.15, -0.1) is 0 Å². The smallest absolute Gasteiger partial charge is 0.257 e. The summed E-state index contributed by atoms with van der Waals surface area (Å²) in [5, 5.41) is 2.20. The third kappa shape index (κ3) is 5.50. The summed E-state index contributed by atoms with van der Waals surface area (Å²) in [6.07, 6.45) is 0.485. The zero-order chi connectivity index (χ0) is 26.3. The Morgan fingerprint density at radius 1 is 0.972 bits per heavy atom. The molecule has 3 atom stereocenters. The van der Waals surface area contributed by atoms with Crippen molar-refractivity contribution in [2.75, 3.05) is 19.4 Å². The minimum atomic E-state index is -3.70. The first kappa shape index (κ1) is 26.4. The molecule has 8 nitrogen and oxygen atoms in total. The molecule has 0 radical (unpaired) electrons. The summed E-state index contributed by atoms with van der Waals surface area (Å²) in [6, 6.07) is 8.48. The molecule has 1 N–H and O–H groups in total. The number of rotatable bonds is 8. The lowest BCUT2D eigenvalue weighted by Gasteiger charge is -2.14. The molecule has 2 saturated carbocycles. The van der Waals surface area contributed by atoms with E-state index in [1.165, 1.54) is 56.6 Å². The van der Waals surface area contributed by atoms with Crippen LogP contribution in [-0.4, -0.2) is 63.7 Å². The highest BCUT2D eigenvalue weighted by molar-refractivity contribution is 7.92. The van der Waals surface area contributed by atoms with Crippen molar-refractivity contribution in [1.29, 1.82) is 0 Å². The average Bonchev–Trinajstić information content (AvgIpc) is 3.64. The van der Waals surface area contributed by atoms with Gasteiger partial charge in [0.15, 0.2) is 9.84 Å². The first-order valence-electron chi connectivity index (χ1n) is 11.4. The van der Waals surface area contributed by atoms with Crippen LogP contribution in [0.5, 0.6) is 0 Å². The number of aromatic nitrogens is 1. The van der Waals surface area contributed by atoms with Crippen molar-refractivity contribution in [3.63, 3.8) is 0 Å². The molecule has 1 aromatic carbocycles. The molecule has 2 aliphatic rings. The van der Waals surface area contributed by atoms with Gasteiger partial charge in [0, 0.05) is 25.9 Å². The third-order valence-electron chi connectivity index (χ3n) is 6.31. The predicted molar refractivity (Wildman–Crippen MR) is 131 cm³/mol. The van der Waals surface area contributed by atoms with Crippen LogP contribution in [0.25, 0.3) is 5.57 Å². The van der Waals surface area contributed by atoms with E-state index < -0.39 is 44.0 Å². The number of hydrogen-bond donors (Lipinski definition) is 1. The highest BCUT2D eigenvalue weighted by atomic mass is 32.2.